The summed E-state index contributed by atoms with van der Waals surface area (Å²) >= 11 is 0. The van der Waals surface area contributed by atoms with E-state index in [1.54, 1.807) is 24.0 Å². The molecule has 0 aliphatic heterocycles. The summed E-state index contributed by atoms with van der Waals surface area (Å²) in [6, 6.07) is 21.4. The highest BCUT2D eigenvalue weighted by Crippen LogP contribution is 2.35. The minimum Gasteiger partial charge on any atom is -0.480 e. The molecule has 1 saturated carbocycles. The van der Waals surface area contributed by atoms with Gasteiger partial charge in [-0.3, -0.25) is 10.1 Å². The van der Waals surface area contributed by atoms with Crippen LogP contribution < -0.4 is 20.7 Å². The summed E-state index contributed by atoms with van der Waals surface area (Å²) in [6.45, 7) is 1.89. The fourth-order valence-electron chi connectivity index (χ4n) is 5.26. The zero-order chi connectivity index (χ0) is 27.4. The average molecular weight is 525 g/mol. The Morgan fingerprint density at radius 3 is 2.44 bits per heavy atom. The van der Waals surface area contributed by atoms with E-state index in [2.05, 4.69) is 33.1 Å². The number of benzene rings is 2. The van der Waals surface area contributed by atoms with Gasteiger partial charge in [-0.15, -0.1) is 0 Å². The van der Waals surface area contributed by atoms with Gasteiger partial charge in [-0.1, -0.05) is 55.0 Å². The van der Waals surface area contributed by atoms with Gasteiger partial charge >= 0.3 is 6.03 Å². The van der Waals surface area contributed by atoms with Crippen molar-refractivity contribution in [2.75, 3.05) is 19.5 Å². The van der Waals surface area contributed by atoms with Crippen molar-refractivity contribution in [1.82, 2.24) is 25.4 Å². The molecule has 0 saturated heterocycles. The van der Waals surface area contributed by atoms with Gasteiger partial charge in [-0.25, -0.2) is 14.5 Å². The number of nitrogens with zero attached hydrogens (tertiary/aromatic N) is 3. The molecule has 9 heteroatoms. The van der Waals surface area contributed by atoms with Crippen molar-refractivity contribution < 1.29 is 14.3 Å². The molecule has 0 unspecified atom stereocenters. The number of hydrogen-bond donors (Lipinski definition) is 3. The number of para-hydroxylation sites is 1. The minimum atomic E-state index is -0.316. The minimum absolute atomic E-state index is 0.0428. The quantitative estimate of drug-likeness (QED) is 0.313. The summed E-state index contributed by atoms with van der Waals surface area (Å²) in [4.78, 5) is 30.1. The maximum atomic E-state index is 13.3. The lowest BCUT2D eigenvalue weighted by molar-refractivity contribution is 0.0959. The number of urea groups is 1. The molecule has 39 heavy (non-hydrogen) atoms. The van der Waals surface area contributed by atoms with Crippen LogP contribution in [0.15, 0.2) is 72.9 Å². The Bertz CT molecular complexity index is 1470. The summed E-state index contributed by atoms with van der Waals surface area (Å²) in [5.74, 6) is 0.727. The molecule has 5 rings (SSSR count). The fraction of sp³-hybridized carbons (Fsp3) is 0.267. The summed E-state index contributed by atoms with van der Waals surface area (Å²) < 4.78 is 6.99. The van der Waals surface area contributed by atoms with Crippen LogP contribution in [0.3, 0.4) is 0 Å². The van der Waals surface area contributed by atoms with Crippen molar-refractivity contribution in [3.05, 3.63) is 89.6 Å². The first-order chi connectivity index (χ1) is 19.0. The number of pyridine rings is 1. The Balaban J connectivity index is 1.48. The van der Waals surface area contributed by atoms with E-state index in [0.29, 0.717) is 22.6 Å². The maximum absolute atomic E-state index is 13.3. The third-order valence-corrected chi connectivity index (χ3v) is 7.20. The van der Waals surface area contributed by atoms with E-state index in [1.807, 2.05) is 55.5 Å². The molecule has 2 aromatic heterocycles. The Hall–Kier alpha value is -4.66. The number of ether oxygens (including phenoxy) is 1. The number of nitrogens with one attached hydrogen (secondary N) is 3. The average Bonchev–Trinajstić information content (AvgIpc) is 3.57. The SMILES string of the molecule is CNC(=O)c1cc(-c2nn(-c3ccccc3)c(NC(=O)N[C@@H]3CCC[C@H]3c3ccccc3)c2C)cnc1OC. The van der Waals surface area contributed by atoms with Gasteiger partial charge in [0.05, 0.1) is 18.5 Å². The Kier molecular flexibility index (Phi) is 7.58. The molecule has 200 valence electrons. The normalized spacial score (nSPS) is 16.5. The summed E-state index contributed by atoms with van der Waals surface area (Å²) in [7, 11) is 3.02. The van der Waals surface area contributed by atoms with Gasteiger partial charge in [0, 0.05) is 36.3 Å². The lowest BCUT2D eigenvalue weighted by Crippen LogP contribution is -2.39. The number of carbonyl (C=O) groups is 2. The van der Waals surface area contributed by atoms with Crippen LogP contribution in [-0.4, -0.2) is 46.9 Å². The van der Waals surface area contributed by atoms with Gasteiger partial charge in [0.2, 0.25) is 5.88 Å². The zero-order valence-electron chi connectivity index (χ0n) is 22.3. The second-order valence-corrected chi connectivity index (χ2v) is 9.58. The Morgan fingerprint density at radius 1 is 1.03 bits per heavy atom. The van der Waals surface area contributed by atoms with Crippen LogP contribution in [0.2, 0.25) is 0 Å². The van der Waals surface area contributed by atoms with E-state index in [1.165, 1.54) is 12.7 Å². The predicted molar refractivity (Wildman–Crippen MR) is 150 cm³/mol. The Morgan fingerprint density at radius 2 is 1.74 bits per heavy atom. The fourth-order valence-corrected chi connectivity index (χ4v) is 5.26. The van der Waals surface area contributed by atoms with Crippen LogP contribution >= 0.6 is 0 Å². The molecule has 2 heterocycles. The van der Waals surface area contributed by atoms with Gasteiger partial charge < -0.3 is 15.4 Å². The monoisotopic (exact) mass is 524 g/mol. The number of amides is 3. The van der Waals surface area contributed by atoms with Gasteiger partial charge in [-0.2, -0.15) is 5.10 Å². The highest BCUT2D eigenvalue weighted by atomic mass is 16.5. The van der Waals surface area contributed by atoms with Gasteiger partial charge in [0.25, 0.3) is 5.91 Å². The number of rotatable bonds is 7. The molecule has 0 bridgehead atoms. The van der Waals surface area contributed by atoms with Crippen LogP contribution in [0.4, 0.5) is 10.6 Å². The second kappa shape index (κ2) is 11.4. The van der Waals surface area contributed by atoms with Crippen LogP contribution in [0.5, 0.6) is 5.88 Å². The van der Waals surface area contributed by atoms with Crippen molar-refractivity contribution >= 4 is 17.8 Å². The predicted octanol–water partition coefficient (Wildman–Crippen LogP) is 5.07. The van der Waals surface area contributed by atoms with Crippen molar-refractivity contribution in [2.24, 2.45) is 0 Å². The largest absolute Gasteiger partial charge is 0.480 e. The van der Waals surface area contributed by atoms with E-state index in [4.69, 9.17) is 9.84 Å². The van der Waals surface area contributed by atoms with Gasteiger partial charge in [-0.05, 0) is 43.5 Å². The van der Waals surface area contributed by atoms with E-state index >= 15 is 0 Å². The molecule has 0 spiro atoms. The van der Waals surface area contributed by atoms with Gasteiger partial charge in [0.1, 0.15) is 11.4 Å². The summed E-state index contributed by atoms with van der Waals surface area (Å²) in [6.07, 6.45) is 4.64. The molecule has 3 N–H and O–H groups in total. The third-order valence-electron chi connectivity index (χ3n) is 7.20. The number of carbonyl (C=O) groups excluding carboxylic acids is 2. The smallest absolute Gasteiger partial charge is 0.320 e. The first-order valence-electron chi connectivity index (χ1n) is 13.0. The van der Waals surface area contributed by atoms with Crippen molar-refractivity contribution in [3.63, 3.8) is 0 Å². The van der Waals surface area contributed by atoms with Crippen molar-refractivity contribution in [1.29, 1.82) is 0 Å². The van der Waals surface area contributed by atoms with E-state index < -0.39 is 0 Å². The molecule has 1 aliphatic carbocycles. The van der Waals surface area contributed by atoms with Gasteiger partial charge in [0.15, 0.2) is 0 Å². The van der Waals surface area contributed by atoms with E-state index in [0.717, 1.165) is 30.5 Å². The first kappa shape index (κ1) is 26.0. The molecular formula is C30H32N6O3. The number of hydrogen-bond acceptors (Lipinski definition) is 5. The molecule has 4 aromatic rings. The topological polar surface area (TPSA) is 110 Å². The third kappa shape index (κ3) is 5.34. The van der Waals surface area contributed by atoms with E-state index in [9.17, 15) is 9.59 Å². The number of methoxy groups -OCH3 is 1. The maximum Gasteiger partial charge on any atom is 0.320 e. The highest BCUT2D eigenvalue weighted by molar-refractivity contribution is 5.97. The molecule has 3 amide bonds. The zero-order valence-corrected chi connectivity index (χ0v) is 22.3. The summed E-state index contributed by atoms with van der Waals surface area (Å²) in [5, 5.41) is 13.7. The molecule has 1 aliphatic rings. The lowest BCUT2D eigenvalue weighted by Gasteiger charge is -2.22. The lowest BCUT2D eigenvalue weighted by atomic mass is 9.94. The second-order valence-electron chi connectivity index (χ2n) is 9.58. The summed E-state index contributed by atoms with van der Waals surface area (Å²) in [5.41, 5.74) is 4.30. The van der Waals surface area contributed by atoms with E-state index in [-0.39, 0.29) is 29.8 Å². The van der Waals surface area contributed by atoms with Crippen molar-refractivity contribution in [2.45, 2.75) is 38.1 Å². The van der Waals surface area contributed by atoms with Crippen molar-refractivity contribution in [3.8, 4) is 22.8 Å². The first-order valence-corrected chi connectivity index (χ1v) is 13.0. The molecular weight excluding hydrogens is 492 g/mol. The van der Waals surface area contributed by atoms with Crippen LogP contribution in [0, 0.1) is 6.92 Å². The molecule has 0 radical (unpaired) electrons. The molecule has 2 atom stereocenters. The van der Waals surface area contributed by atoms with Crippen LogP contribution in [0.1, 0.15) is 46.7 Å². The Labute approximate surface area is 227 Å². The standard InChI is InChI=1S/C30H32N6O3/c1-19-26(21-17-24(28(37)31-2)29(39-3)32-18-21)35-36(22-13-8-5-9-14-22)27(19)34-30(38)33-25-16-10-15-23(25)20-11-6-4-7-12-20/h4-9,11-14,17-18,23,25H,10,15-16H2,1-3H3,(H,31,37)(H2,33,34,38)/t23-,25+/m0/s1. The molecule has 2 aromatic carbocycles. The molecule has 1 fully saturated rings. The molecule has 9 nitrogen and oxygen atoms in total. The van der Waals surface area contributed by atoms with Crippen LogP contribution in [-0.2, 0) is 0 Å². The number of anilines is 1. The highest BCUT2D eigenvalue weighted by Gasteiger charge is 2.30. The van der Waals surface area contributed by atoms with Crippen LogP contribution in [0.25, 0.3) is 16.9 Å². The number of aromatic nitrogens is 3.